The zero-order valence-corrected chi connectivity index (χ0v) is 12.3. The highest BCUT2D eigenvalue weighted by molar-refractivity contribution is 6.32. The molecule has 1 aromatic carbocycles. The smallest absolute Gasteiger partial charge is 0.328 e. The Morgan fingerprint density at radius 2 is 2.05 bits per heavy atom. The Hall–Kier alpha value is -2.07. The van der Waals surface area contributed by atoms with Gasteiger partial charge in [-0.05, 0) is 38.5 Å². The highest BCUT2D eigenvalue weighted by atomic mass is 35.5. The maximum absolute atomic E-state index is 10.7. The topological polar surface area (TPSA) is 55.1 Å². The first-order chi connectivity index (χ1) is 9.41. The molecule has 104 valence electrons. The third kappa shape index (κ3) is 2.60. The Bertz CT molecular complexity index is 702. The van der Waals surface area contributed by atoms with Crippen molar-refractivity contribution < 1.29 is 9.90 Å². The predicted octanol–water partition coefficient (Wildman–Crippen LogP) is 3.55. The Kier molecular flexibility index (Phi) is 3.95. The predicted molar refractivity (Wildman–Crippen MR) is 79.5 cm³/mol. The number of hydrogen-bond acceptors (Lipinski definition) is 2. The highest BCUT2D eigenvalue weighted by Crippen LogP contribution is 2.28. The molecule has 1 heterocycles. The van der Waals surface area contributed by atoms with Crippen LogP contribution < -0.4 is 0 Å². The third-order valence-electron chi connectivity index (χ3n) is 3.29. The SMILES string of the molecule is Cc1nn(-c2c(Cl)cccc2/C=C/C(=O)O)c(C)c1C. The summed E-state index contributed by atoms with van der Waals surface area (Å²) in [5.74, 6) is -1.000. The van der Waals surface area contributed by atoms with Crippen LogP contribution in [0.25, 0.3) is 11.8 Å². The largest absolute Gasteiger partial charge is 0.478 e. The number of carboxylic acid groups (broad SMARTS) is 1. The van der Waals surface area contributed by atoms with Crippen molar-refractivity contribution in [1.82, 2.24) is 9.78 Å². The summed E-state index contributed by atoms with van der Waals surface area (Å²) in [4.78, 5) is 10.7. The highest BCUT2D eigenvalue weighted by Gasteiger charge is 2.14. The standard InChI is InChI=1S/C15H15ClN2O2/c1-9-10(2)17-18(11(9)3)15-12(7-8-14(19)20)5-4-6-13(15)16/h4-8H,1-3H3,(H,19,20)/b8-7+. The second-order valence-electron chi connectivity index (χ2n) is 4.56. The first kappa shape index (κ1) is 14.3. The molecule has 2 rings (SSSR count). The zero-order chi connectivity index (χ0) is 14.9. The fourth-order valence-electron chi connectivity index (χ4n) is 1.99. The first-order valence-corrected chi connectivity index (χ1v) is 6.52. The summed E-state index contributed by atoms with van der Waals surface area (Å²) in [5.41, 5.74) is 4.42. The third-order valence-corrected chi connectivity index (χ3v) is 3.59. The average Bonchev–Trinajstić information content (AvgIpc) is 2.64. The summed E-state index contributed by atoms with van der Waals surface area (Å²) >= 11 is 6.27. The number of hydrogen-bond donors (Lipinski definition) is 1. The minimum absolute atomic E-state index is 0.531. The molecule has 0 bridgehead atoms. The van der Waals surface area contributed by atoms with Crippen molar-refractivity contribution in [3.05, 3.63) is 51.8 Å². The molecule has 2 aromatic rings. The number of aryl methyl sites for hydroxylation is 1. The molecular formula is C15H15ClN2O2. The van der Waals surface area contributed by atoms with E-state index in [4.69, 9.17) is 16.7 Å². The lowest BCUT2D eigenvalue weighted by molar-refractivity contribution is -0.131. The van der Waals surface area contributed by atoms with Crippen molar-refractivity contribution in [2.75, 3.05) is 0 Å². The zero-order valence-electron chi connectivity index (χ0n) is 11.5. The maximum atomic E-state index is 10.7. The van der Waals surface area contributed by atoms with Crippen molar-refractivity contribution in [2.24, 2.45) is 0 Å². The molecule has 1 N–H and O–H groups in total. The first-order valence-electron chi connectivity index (χ1n) is 6.14. The van der Waals surface area contributed by atoms with Gasteiger partial charge in [-0.25, -0.2) is 9.48 Å². The van der Waals surface area contributed by atoms with Gasteiger partial charge in [-0.3, -0.25) is 0 Å². The van der Waals surface area contributed by atoms with Gasteiger partial charge in [-0.2, -0.15) is 5.10 Å². The average molecular weight is 291 g/mol. The number of rotatable bonds is 3. The molecule has 0 saturated carbocycles. The molecule has 4 nitrogen and oxygen atoms in total. The molecule has 0 saturated heterocycles. The van der Waals surface area contributed by atoms with Gasteiger partial charge >= 0.3 is 5.97 Å². The molecule has 0 unspecified atom stereocenters. The van der Waals surface area contributed by atoms with Gasteiger partial charge in [-0.15, -0.1) is 0 Å². The lowest BCUT2D eigenvalue weighted by Crippen LogP contribution is -2.03. The monoisotopic (exact) mass is 290 g/mol. The van der Waals surface area contributed by atoms with E-state index in [9.17, 15) is 4.79 Å². The van der Waals surface area contributed by atoms with Crippen molar-refractivity contribution in [1.29, 1.82) is 0 Å². The number of nitrogens with zero attached hydrogens (tertiary/aromatic N) is 2. The van der Waals surface area contributed by atoms with Gasteiger partial charge in [0.15, 0.2) is 0 Å². The van der Waals surface area contributed by atoms with E-state index in [1.807, 2.05) is 26.8 Å². The molecule has 0 radical (unpaired) electrons. The van der Waals surface area contributed by atoms with Crippen LogP contribution in [0.4, 0.5) is 0 Å². The minimum atomic E-state index is -1.000. The number of para-hydroxylation sites is 1. The van der Waals surface area contributed by atoms with E-state index in [2.05, 4.69) is 5.10 Å². The van der Waals surface area contributed by atoms with Crippen molar-refractivity contribution in [3.8, 4) is 5.69 Å². The summed E-state index contributed by atoms with van der Waals surface area (Å²) in [5, 5.41) is 13.8. The summed E-state index contributed by atoms with van der Waals surface area (Å²) < 4.78 is 1.76. The number of halogens is 1. The summed E-state index contributed by atoms with van der Waals surface area (Å²) in [6.45, 7) is 5.89. The Balaban J connectivity index is 2.66. The Labute approximate surface area is 122 Å². The summed E-state index contributed by atoms with van der Waals surface area (Å²) in [7, 11) is 0. The van der Waals surface area contributed by atoms with Crippen LogP contribution in [0.2, 0.25) is 5.02 Å². The van der Waals surface area contributed by atoms with E-state index in [-0.39, 0.29) is 0 Å². The van der Waals surface area contributed by atoms with Crippen LogP contribution in [0.1, 0.15) is 22.5 Å². The van der Waals surface area contributed by atoms with Gasteiger partial charge in [0.1, 0.15) is 0 Å². The number of aromatic nitrogens is 2. The quantitative estimate of drug-likeness (QED) is 0.880. The lowest BCUT2D eigenvalue weighted by Gasteiger charge is -2.10. The van der Waals surface area contributed by atoms with Crippen molar-refractivity contribution in [2.45, 2.75) is 20.8 Å². The molecule has 0 atom stereocenters. The molecular weight excluding hydrogens is 276 g/mol. The van der Waals surface area contributed by atoms with Crippen LogP contribution in [-0.4, -0.2) is 20.9 Å². The number of benzene rings is 1. The lowest BCUT2D eigenvalue weighted by atomic mass is 10.1. The summed E-state index contributed by atoms with van der Waals surface area (Å²) in [6, 6.07) is 5.36. The second kappa shape index (κ2) is 5.51. The van der Waals surface area contributed by atoms with Crippen LogP contribution in [0.5, 0.6) is 0 Å². The van der Waals surface area contributed by atoms with Gasteiger partial charge in [0.25, 0.3) is 0 Å². The molecule has 1 aromatic heterocycles. The maximum Gasteiger partial charge on any atom is 0.328 e. The van der Waals surface area contributed by atoms with Crippen molar-refractivity contribution >= 4 is 23.6 Å². The summed E-state index contributed by atoms with van der Waals surface area (Å²) in [6.07, 6.45) is 2.61. The number of carboxylic acids is 1. The van der Waals surface area contributed by atoms with Crippen molar-refractivity contribution in [3.63, 3.8) is 0 Å². The normalized spacial score (nSPS) is 11.2. The van der Waals surface area contributed by atoms with E-state index in [0.717, 1.165) is 23.0 Å². The van der Waals surface area contributed by atoms with Gasteiger partial charge in [0, 0.05) is 17.3 Å². The fourth-order valence-corrected chi connectivity index (χ4v) is 2.25. The van der Waals surface area contributed by atoms with Crippen LogP contribution in [0, 0.1) is 20.8 Å². The van der Waals surface area contributed by atoms with E-state index < -0.39 is 5.97 Å². The van der Waals surface area contributed by atoms with Gasteiger partial charge in [-0.1, -0.05) is 23.7 Å². The molecule has 0 aliphatic rings. The fraction of sp³-hybridized carbons (Fsp3) is 0.200. The molecule has 0 fully saturated rings. The van der Waals surface area contributed by atoms with E-state index in [1.54, 1.807) is 16.8 Å². The second-order valence-corrected chi connectivity index (χ2v) is 4.96. The number of carbonyl (C=O) groups is 1. The van der Waals surface area contributed by atoms with Gasteiger partial charge in [0.2, 0.25) is 0 Å². The Morgan fingerprint density at radius 3 is 2.60 bits per heavy atom. The van der Waals surface area contributed by atoms with Gasteiger partial charge in [0.05, 0.1) is 16.4 Å². The Morgan fingerprint density at radius 1 is 1.35 bits per heavy atom. The van der Waals surface area contributed by atoms with E-state index >= 15 is 0 Å². The molecule has 0 aliphatic carbocycles. The number of aliphatic carboxylic acids is 1. The molecule has 0 amide bonds. The molecule has 0 aliphatic heterocycles. The minimum Gasteiger partial charge on any atom is -0.478 e. The van der Waals surface area contributed by atoms with Crippen LogP contribution in [0.3, 0.4) is 0 Å². The van der Waals surface area contributed by atoms with Gasteiger partial charge < -0.3 is 5.11 Å². The van der Waals surface area contributed by atoms with Crippen LogP contribution in [-0.2, 0) is 4.79 Å². The molecule has 5 heteroatoms. The molecule has 0 spiro atoms. The van der Waals surface area contributed by atoms with E-state index in [1.165, 1.54) is 6.08 Å². The van der Waals surface area contributed by atoms with Crippen LogP contribution >= 0.6 is 11.6 Å². The van der Waals surface area contributed by atoms with Crippen LogP contribution in [0.15, 0.2) is 24.3 Å². The van der Waals surface area contributed by atoms with E-state index in [0.29, 0.717) is 16.3 Å². The molecule has 20 heavy (non-hydrogen) atoms.